The van der Waals surface area contributed by atoms with Crippen LogP contribution >= 0.6 is 0 Å². The molecule has 62 valence electrons. The molecule has 0 aromatic rings. The van der Waals surface area contributed by atoms with Crippen LogP contribution in [0, 0.1) is 17.2 Å². The number of hydrogen-bond acceptors (Lipinski definition) is 2. The van der Waals surface area contributed by atoms with Gasteiger partial charge in [-0.2, -0.15) is 5.26 Å². The summed E-state index contributed by atoms with van der Waals surface area (Å²) >= 11 is 0. The molecule has 0 saturated carbocycles. The summed E-state index contributed by atoms with van der Waals surface area (Å²) in [6.45, 7) is 6.69. The molecule has 0 spiro atoms. The van der Waals surface area contributed by atoms with E-state index in [-0.39, 0.29) is 0 Å². The van der Waals surface area contributed by atoms with Crippen molar-refractivity contribution in [3.8, 4) is 6.07 Å². The number of nitrogens with zero attached hydrogens (tertiary/aromatic N) is 2. The summed E-state index contributed by atoms with van der Waals surface area (Å²) in [5.74, 6) is 0.814. The van der Waals surface area contributed by atoms with Gasteiger partial charge in [0.15, 0.2) is 0 Å². The van der Waals surface area contributed by atoms with Crippen molar-refractivity contribution in [3.05, 3.63) is 0 Å². The lowest BCUT2D eigenvalue weighted by molar-refractivity contribution is 0.253. The van der Waals surface area contributed by atoms with Crippen molar-refractivity contribution >= 4 is 0 Å². The van der Waals surface area contributed by atoms with Crippen LogP contribution in [0.4, 0.5) is 0 Å². The Morgan fingerprint density at radius 1 is 1.55 bits per heavy atom. The fraction of sp³-hybridized carbons (Fsp3) is 0.889. The summed E-state index contributed by atoms with van der Waals surface area (Å²) in [5.41, 5.74) is 0. The van der Waals surface area contributed by atoms with E-state index < -0.39 is 0 Å². The van der Waals surface area contributed by atoms with E-state index in [9.17, 15) is 0 Å². The molecule has 1 heterocycles. The van der Waals surface area contributed by atoms with Crippen molar-refractivity contribution in [2.45, 2.75) is 32.7 Å². The first-order valence-corrected chi connectivity index (χ1v) is 4.36. The van der Waals surface area contributed by atoms with Crippen LogP contribution in [-0.4, -0.2) is 24.0 Å². The Kier molecular flexibility index (Phi) is 2.90. The van der Waals surface area contributed by atoms with Gasteiger partial charge in [0.2, 0.25) is 0 Å². The van der Waals surface area contributed by atoms with Crippen LogP contribution < -0.4 is 0 Å². The largest absolute Gasteiger partial charge is 0.299 e. The van der Waals surface area contributed by atoms with Crippen LogP contribution in [0.3, 0.4) is 0 Å². The SMILES string of the molecule is CC1CCN(CCC#N)C1C. The lowest BCUT2D eigenvalue weighted by Gasteiger charge is -2.21. The van der Waals surface area contributed by atoms with Gasteiger partial charge < -0.3 is 0 Å². The van der Waals surface area contributed by atoms with E-state index in [0.29, 0.717) is 12.5 Å². The summed E-state index contributed by atoms with van der Waals surface area (Å²) in [5, 5.41) is 8.40. The Morgan fingerprint density at radius 3 is 2.73 bits per heavy atom. The second-order valence-electron chi connectivity index (χ2n) is 3.45. The van der Waals surface area contributed by atoms with Gasteiger partial charge in [0.05, 0.1) is 6.07 Å². The molecule has 1 aliphatic rings. The van der Waals surface area contributed by atoms with Crippen LogP contribution in [0.1, 0.15) is 26.7 Å². The highest BCUT2D eigenvalue weighted by Crippen LogP contribution is 2.22. The molecule has 0 N–H and O–H groups in total. The second kappa shape index (κ2) is 3.73. The van der Waals surface area contributed by atoms with Gasteiger partial charge in [0, 0.05) is 19.0 Å². The number of hydrogen-bond donors (Lipinski definition) is 0. The van der Waals surface area contributed by atoms with E-state index in [0.717, 1.165) is 12.5 Å². The maximum absolute atomic E-state index is 8.40. The molecule has 2 atom stereocenters. The van der Waals surface area contributed by atoms with Gasteiger partial charge in [-0.3, -0.25) is 4.90 Å². The zero-order chi connectivity index (χ0) is 8.27. The third kappa shape index (κ3) is 1.94. The fourth-order valence-electron chi connectivity index (χ4n) is 1.68. The van der Waals surface area contributed by atoms with E-state index in [1.807, 2.05) is 0 Å². The van der Waals surface area contributed by atoms with Crippen molar-refractivity contribution in [2.24, 2.45) is 5.92 Å². The minimum absolute atomic E-state index is 0.678. The third-order valence-electron chi connectivity index (χ3n) is 2.78. The Hall–Kier alpha value is -0.550. The lowest BCUT2D eigenvalue weighted by Crippen LogP contribution is -2.29. The van der Waals surface area contributed by atoms with E-state index in [2.05, 4.69) is 24.8 Å². The van der Waals surface area contributed by atoms with Crippen molar-refractivity contribution in [3.63, 3.8) is 0 Å². The minimum atomic E-state index is 0.678. The molecule has 0 aromatic heterocycles. The predicted octanol–water partition coefficient (Wildman–Crippen LogP) is 1.63. The highest BCUT2D eigenvalue weighted by Gasteiger charge is 2.26. The van der Waals surface area contributed by atoms with Crippen LogP contribution in [0.5, 0.6) is 0 Å². The molecule has 0 aromatic carbocycles. The minimum Gasteiger partial charge on any atom is -0.299 e. The number of nitriles is 1. The fourth-order valence-corrected chi connectivity index (χ4v) is 1.68. The van der Waals surface area contributed by atoms with Gasteiger partial charge in [-0.15, -0.1) is 0 Å². The molecule has 1 rings (SSSR count). The van der Waals surface area contributed by atoms with Gasteiger partial charge in [0.25, 0.3) is 0 Å². The molecule has 0 radical (unpaired) electrons. The van der Waals surface area contributed by atoms with Crippen LogP contribution in [0.15, 0.2) is 0 Å². The molecule has 2 unspecified atom stereocenters. The number of rotatable bonds is 2. The van der Waals surface area contributed by atoms with E-state index in [1.54, 1.807) is 0 Å². The maximum Gasteiger partial charge on any atom is 0.0635 e. The molecule has 1 fully saturated rings. The molecule has 2 nitrogen and oxygen atoms in total. The van der Waals surface area contributed by atoms with E-state index in [1.165, 1.54) is 13.0 Å². The van der Waals surface area contributed by atoms with Crippen LogP contribution in [0.25, 0.3) is 0 Å². The average Bonchev–Trinajstić information content (AvgIpc) is 2.31. The molecule has 1 aliphatic heterocycles. The topological polar surface area (TPSA) is 27.0 Å². The monoisotopic (exact) mass is 152 g/mol. The summed E-state index contributed by atoms with van der Waals surface area (Å²) in [6.07, 6.45) is 1.98. The number of likely N-dealkylation sites (tertiary alicyclic amines) is 1. The molecule has 2 heteroatoms. The van der Waals surface area contributed by atoms with Crippen LogP contribution in [0.2, 0.25) is 0 Å². The van der Waals surface area contributed by atoms with Crippen molar-refractivity contribution < 1.29 is 0 Å². The Morgan fingerprint density at radius 2 is 2.27 bits per heavy atom. The van der Waals surface area contributed by atoms with Gasteiger partial charge in [-0.1, -0.05) is 6.92 Å². The van der Waals surface area contributed by atoms with Gasteiger partial charge in [-0.05, 0) is 25.8 Å². The Labute approximate surface area is 68.8 Å². The van der Waals surface area contributed by atoms with Gasteiger partial charge in [0.1, 0.15) is 0 Å². The molecule has 0 amide bonds. The van der Waals surface area contributed by atoms with E-state index in [4.69, 9.17) is 5.26 Å². The first kappa shape index (κ1) is 8.55. The summed E-state index contributed by atoms with van der Waals surface area (Å²) < 4.78 is 0. The average molecular weight is 152 g/mol. The molecule has 1 saturated heterocycles. The first-order chi connectivity index (χ1) is 5.25. The molecule has 11 heavy (non-hydrogen) atoms. The Balaban J connectivity index is 2.31. The highest BCUT2D eigenvalue weighted by molar-refractivity contribution is 4.83. The summed E-state index contributed by atoms with van der Waals surface area (Å²) in [6, 6.07) is 2.87. The Bertz CT molecular complexity index is 159. The molecule has 0 bridgehead atoms. The smallest absolute Gasteiger partial charge is 0.0635 e. The van der Waals surface area contributed by atoms with Crippen LogP contribution in [-0.2, 0) is 0 Å². The zero-order valence-corrected chi connectivity index (χ0v) is 7.38. The summed E-state index contributed by atoms with van der Waals surface area (Å²) in [4.78, 5) is 2.41. The first-order valence-electron chi connectivity index (χ1n) is 4.36. The zero-order valence-electron chi connectivity index (χ0n) is 7.38. The lowest BCUT2D eigenvalue weighted by atomic mass is 10.1. The van der Waals surface area contributed by atoms with Crippen molar-refractivity contribution in [1.82, 2.24) is 4.90 Å². The van der Waals surface area contributed by atoms with Crippen molar-refractivity contribution in [2.75, 3.05) is 13.1 Å². The highest BCUT2D eigenvalue weighted by atomic mass is 15.2. The predicted molar refractivity (Wildman–Crippen MR) is 45.0 cm³/mol. The maximum atomic E-state index is 8.40. The molecular formula is C9H16N2. The normalized spacial score (nSPS) is 32.1. The summed E-state index contributed by atoms with van der Waals surface area (Å²) in [7, 11) is 0. The van der Waals surface area contributed by atoms with Crippen molar-refractivity contribution in [1.29, 1.82) is 5.26 Å². The van der Waals surface area contributed by atoms with E-state index >= 15 is 0 Å². The van der Waals surface area contributed by atoms with Gasteiger partial charge >= 0.3 is 0 Å². The second-order valence-corrected chi connectivity index (χ2v) is 3.45. The van der Waals surface area contributed by atoms with Gasteiger partial charge in [-0.25, -0.2) is 0 Å². The quantitative estimate of drug-likeness (QED) is 0.601. The molecular weight excluding hydrogens is 136 g/mol. The third-order valence-corrected chi connectivity index (χ3v) is 2.78. The standard InChI is InChI=1S/C9H16N2/c1-8-4-7-11(9(8)2)6-3-5-10/h8-9H,3-4,6-7H2,1-2H3. The molecule has 0 aliphatic carbocycles.